The molecule has 8 nitrogen and oxygen atoms in total. The minimum Gasteiger partial charge on any atom is -0.492 e. The lowest BCUT2D eigenvalue weighted by molar-refractivity contribution is -0.140. The van der Waals surface area contributed by atoms with Gasteiger partial charge in [-0.15, -0.1) is 0 Å². The molecule has 248 valence electrons. The van der Waals surface area contributed by atoms with Crippen LogP contribution in [-0.4, -0.2) is 49.9 Å². The van der Waals surface area contributed by atoms with Gasteiger partial charge in [0.15, 0.2) is 0 Å². The van der Waals surface area contributed by atoms with Crippen molar-refractivity contribution in [1.82, 2.24) is 10.2 Å². The predicted octanol–water partition coefficient (Wildman–Crippen LogP) is 7.14. The van der Waals surface area contributed by atoms with Crippen molar-refractivity contribution < 1.29 is 22.7 Å². The third-order valence-corrected chi connectivity index (χ3v) is 9.43. The van der Waals surface area contributed by atoms with E-state index in [-0.39, 0.29) is 41.8 Å². The second kappa shape index (κ2) is 15.7. The molecule has 47 heavy (non-hydrogen) atoms. The number of carbonyl (C=O) groups excluding carboxylic acids is 2. The molecular formula is C36H39Cl2N3O5S. The number of nitrogens with zero attached hydrogens (tertiary/aromatic N) is 2. The summed E-state index contributed by atoms with van der Waals surface area (Å²) < 4.78 is 35.4. The number of hydrogen-bond acceptors (Lipinski definition) is 5. The number of ether oxygens (including phenoxy) is 1. The van der Waals surface area contributed by atoms with Crippen molar-refractivity contribution in [2.24, 2.45) is 0 Å². The molecule has 0 fully saturated rings. The summed E-state index contributed by atoms with van der Waals surface area (Å²) >= 11 is 12.2. The minimum absolute atomic E-state index is 0.0208. The van der Waals surface area contributed by atoms with E-state index in [9.17, 15) is 18.0 Å². The average Bonchev–Trinajstić information content (AvgIpc) is 3.02. The van der Waals surface area contributed by atoms with Crippen LogP contribution < -0.4 is 14.4 Å². The van der Waals surface area contributed by atoms with E-state index in [1.54, 1.807) is 55.5 Å². The average molecular weight is 697 g/mol. The Morgan fingerprint density at radius 3 is 1.98 bits per heavy atom. The van der Waals surface area contributed by atoms with Gasteiger partial charge in [0.25, 0.3) is 10.0 Å². The number of para-hydroxylation sites is 2. The number of rotatable bonds is 13. The Balaban J connectivity index is 1.85. The molecule has 1 N–H and O–H groups in total. The van der Waals surface area contributed by atoms with Crippen molar-refractivity contribution in [3.63, 3.8) is 0 Å². The molecular weight excluding hydrogens is 657 g/mol. The molecule has 0 aliphatic heterocycles. The number of benzene rings is 4. The molecule has 0 saturated heterocycles. The van der Waals surface area contributed by atoms with E-state index in [0.717, 1.165) is 9.87 Å². The Hall–Kier alpha value is -4.05. The van der Waals surface area contributed by atoms with Gasteiger partial charge < -0.3 is 15.0 Å². The first-order valence-electron chi connectivity index (χ1n) is 15.2. The predicted molar refractivity (Wildman–Crippen MR) is 187 cm³/mol. The van der Waals surface area contributed by atoms with Crippen LogP contribution in [0.3, 0.4) is 0 Å². The monoisotopic (exact) mass is 695 g/mol. The minimum atomic E-state index is -4.32. The van der Waals surface area contributed by atoms with E-state index in [4.69, 9.17) is 27.9 Å². The highest BCUT2D eigenvalue weighted by Crippen LogP contribution is 2.33. The third kappa shape index (κ3) is 9.73. The van der Waals surface area contributed by atoms with E-state index in [0.29, 0.717) is 15.6 Å². The van der Waals surface area contributed by atoms with Gasteiger partial charge in [0.05, 0.1) is 17.2 Å². The number of carbonyl (C=O) groups is 2. The highest BCUT2D eigenvalue weighted by molar-refractivity contribution is 7.92. The number of sulfonamides is 1. The summed E-state index contributed by atoms with van der Waals surface area (Å²) in [6, 6.07) is 27.7. The lowest BCUT2D eigenvalue weighted by atomic mass is 10.0. The number of halogens is 2. The molecule has 1 atom stereocenters. The summed E-state index contributed by atoms with van der Waals surface area (Å²) in [5.74, 6) is -0.671. The van der Waals surface area contributed by atoms with Crippen LogP contribution in [0.4, 0.5) is 5.69 Å². The van der Waals surface area contributed by atoms with E-state index in [2.05, 4.69) is 5.32 Å². The second-order valence-corrected chi connectivity index (χ2v) is 14.7. The highest BCUT2D eigenvalue weighted by Gasteiger charge is 2.36. The zero-order valence-corrected chi connectivity index (χ0v) is 29.1. The van der Waals surface area contributed by atoms with E-state index in [1.807, 2.05) is 51.1 Å². The fourth-order valence-electron chi connectivity index (χ4n) is 4.98. The molecule has 4 aromatic carbocycles. The van der Waals surface area contributed by atoms with Crippen LogP contribution in [0.15, 0.2) is 108 Å². The van der Waals surface area contributed by atoms with Gasteiger partial charge in [-0.25, -0.2) is 8.42 Å². The van der Waals surface area contributed by atoms with Crippen molar-refractivity contribution in [2.75, 3.05) is 17.5 Å². The van der Waals surface area contributed by atoms with Crippen LogP contribution >= 0.6 is 23.2 Å². The number of anilines is 1. The van der Waals surface area contributed by atoms with Crippen LogP contribution in [0.5, 0.6) is 5.75 Å². The van der Waals surface area contributed by atoms with Crippen molar-refractivity contribution in [3.8, 4) is 5.75 Å². The normalized spacial score (nSPS) is 12.2. The Kier molecular flexibility index (Phi) is 12.0. The van der Waals surface area contributed by atoms with Crippen LogP contribution in [0, 0.1) is 0 Å². The van der Waals surface area contributed by atoms with E-state index in [1.165, 1.54) is 29.2 Å². The Bertz CT molecular complexity index is 1760. The van der Waals surface area contributed by atoms with Gasteiger partial charge >= 0.3 is 0 Å². The zero-order chi connectivity index (χ0) is 34.2. The molecule has 0 saturated carbocycles. The van der Waals surface area contributed by atoms with Gasteiger partial charge in [-0.05, 0) is 87.4 Å². The van der Waals surface area contributed by atoms with E-state index >= 15 is 0 Å². The number of amides is 2. The molecule has 2 amide bonds. The van der Waals surface area contributed by atoms with Crippen LogP contribution in [0.1, 0.15) is 38.8 Å². The molecule has 11 heteroatoms. The van der Waals surface area contributed by atoms with Gasteiger partial charge in [0.2, 0.25) is 11.8 Å². The topological polar surface area (TPSA) is 96.0 Å². The summed E-state index contributed by atoms with van der Waals surface area (Å²) in [4.78, 5) is 30.0. The summed E-state index contributed by atoms with van der Waals surface area (Å²) in [7, 11) is -4.32. The summed E-state index contributed by atoms with van der Waals surface area (Å²) in [5.41, 5.74) is 1.14. The maximum atomic E-state index is 14.7. The molecule has 0 unspecified atom stereocenters. The standard InChI is InChI=1S/C36H39Cl2N3O5S/c1-5-46-33-14-10-9-13-31(33)41(47(44,45)30-21-19-29(38)20-22-30)25-34(42)40(24-27-15-17-28(37)18-16-27)32(35(43)39-36(2,3)4)23-26-11-7-6-8-12-26/h6-22,32H,5,23-25H2,1-4H3,(H,39,43)/t32-/m1/s1. The zero-order valence-electron chi connectivity index (χ0n) is 26.8. The molecule has 0 spiro atoms. The lowest BCUT2D eigenvalue weighted by Crippen LogP contribution is -2.56. The maximum Gasteiger partial charge on any atom is 0.264 e. The van der Waals surface area contributed by atoms with E-state index < -0.39 is 34.1 Å². The fourth-order valence-corrected chi connectivity index (χ4v) is 6.66. The van der Waals surface area contributed by atoms with Gasteiger partial charge in [0, 0.05) is 28.5 Å². The third-order valence-electron chi connectivity index (χ3n) is 7.15. The molecule has 0 aliphatic rings. The molecule has 0 radical (unpaired) electrons. The Morgan fingerprint density at radius 1 is 0.809 bits per heavy atom. The number of nitrogens with one attached hydrogen (secondary N) is 1. The first-order chi connectivity index (χ1) is 22.3. The van der Waals surface area contributed by atoms with Crippen LogP contribution in [-0.2, 0) is 32.6 Å². The molecule has 0 bridgehead atoms. The highest BCUT2D eigenvalue weighted by atomic mass is 35.5. The number of hydrogen-bond donors (Lipinski definition) is 1. The Labute approximate surface area is 287 Å². The molecule has 4 aromatic rings. The summed E-state index contributed by atoms with van der Waals surface area (Å²) in [6.45, 7) is 7.05. The largest absolute Gasteiger partial charge is 0.492 e. The maximum absolute atomic E-state index is 14.7. The quantitative estimate of drug-likeness (QED) is 0.160. The molecule has 4 rings (SSSR count). The van der Waals surface area contributed by atoms with Crippen LogP contribution in [0.2, 0.25) is 10.0 Å². The van der Waals surface area contributed by atoms with Crippen molar-refractivity contribution in [2.45, 2.75) is 57.1 Å². The smallest absolute Gasteiger partial charge is 0.264 e. The van der Waals surface area contributed by atoms with Gasteiger partial charge in [0.1, 0.15) is 18.3 Å². The molecule has 0 aliphatic carbocycles. The van der Waals surface area contributed by atoms with Gasteiger partial charge in [-0.3, -0.25) is 13.9 Å². The van der Waals surface area contributed by atoms with Crippen molar-refractivity contribution in [3.05, 3.63) is 124 Å². The first kappa shape index (κ1) is 35.8. The van der Waals surface area contributed by atoms with Gasteiger partial charge in [-0.2, -0.15) is 0 Å². The molecule has 0 heterocycles. The first-order valence-corrected chi connectivity index (χ1v) is 17.4. The van der Waals surface area contributed by atoms with Gasteiger partial charge in [-0.1, -0.05) is 77.8 Å². The van der Waals surface area contributed by atoms with Crippen LogP contribution in [0.25, 0.3) is 0 Å². The van der Waals surface area contributed by atoms with Crippen molar-refractivity contribution >= 4 is 50.7 Å². The SMILES string of the molecule is CCOc1ccccc1N(CC(=O)N(Cc1ccc(Cl)cc1)[C@H](Cc1ccccc1)C(=O)NC(C)(C)C)S(=O)(=O)c1ccc(Cl)cc1. The fraction of sp³-hybridized carbons (Fsp3) is 0.278. The second-order valence-electron chi connectivity index (χ2n) is 12.0. The summed E-state index contributed by atoms with van der Waals surface area (Å²) in [5, 5.41) is 3.91. The molecule has 0 aromatic heterocycles. The summed E-state index contributed by atoms with van der Waals surface area (Å²) in [6.07, 6.45) is 0.196. The van der Waals surface area contributed by atoms with Crippen molar-refractivity contribution in [1.29, 1.82) is 0 Å². The Morgan fingerprint density at radius 2 is 1.38 bits per heavy atom. The lowest BCUT2D eigenvalue weighted by Gasteiger charge is -2.35.